The number of rotatable bonds is 7. The number of fused-ring (bicyclic) bond motifs is 1. The summed E-state index contributed by atoms with van der Waals surface area (Å²) < 4.78 is 56.3. The molecule has 0 aliphatic carbocycles. The summed E-state index contributed by atoms with van der Waals surface area (Å²) in [5.74, 6) is -0.965. The molecule has 204 valence electrons. The molecule has 1 aliphatic rings. The lowest BCUT2D eigenvalue weighted by atomic mass is 10.0. The Labute approximate surface area is 222 Å². The maximum Gasteiger partial charge on any atom is 0.416 e. The first-order valence-electron chi connectivity index (χ1n) is 12.6. The van der Waals surface area contributed by atoms with Gasteiger partial charge < -0.3 is 10.2 Å². The first-order chi connectivity index (χ1) is 18.7. The molecule has 1 saturated heterocycles. The van der Waals surface area contributed by atoms with Gasteiger partial charge in [-0.3, -0.25) is 14.8 Å². The summed E-state index contributed by atoms with van der Waals surface area (Å²) in [6.45, 7) is 3.19. The van der Waals surface area contributed by atoms with Crippen LogP contribution in [-0.2, 0) is 23.9 Å². The summed E-state index contributed by atoms with van der Waals surface area (Å²) in [6, 6.07) is 10.5. The molecular weight excluding hydrogens is 512 g/mol. The first kappa shape index (κ1) is 26.8. The third kappa shape index (κ3) is 6.43. The van der Waals surface area contributed by atoms with Crippen molar-refractivity contribution in [2.75, 3.05) is 38.5 Å². The van der Waals surface area contributed by atoms with Crippen LogP contribution in [0.25, 0.3) is 22.2 Å². The molecule has 4 aromatic rings. The Bertz CT molecular complexity index is 1480. The fraction of sp³-hybridized carbons (Fsp3) is 0.321. The van der Waals surface area contributed by atoms with Gasteiger partial charge in [0, 0.05) is 62.0 Å². The van der Waals surface area contributed by atoms with Crippen molar-refractivity contribution in [1.82, 2.24) is 25.0 Å². The lowest BCUT2D eigenvalue weighted by Crippen LogP contribution is -2.44. The zero-order chi connectivity index (χ0) is 27.6. The number of nitrogens with zero attached hydrogens (tertiary/aromatic N) is 4. The van der Waals surface area contributed by atoms with Crippen LogP contribution in [-0.4, -0.2) is 64.1 Å². The minimum absolute atomic E-state index is 0.0624. The minimum atomic E-state index is -4.55. The highest BCUT2D eigenvalue weighted by atomic mass is 19.4. The number of nitrogens with one attached hydrogen (secondary N) is 2. The molecule has 7 nitrogen and oxygen atoms in total. The van der Waals surface area contributed by atoms with Gasteiger partial charge in [-0.15, -0.1) is 0 Å². The molecule has 2 aromatic carbocycles. The number of anilines is 1. The Morgan fingerprint density at radius 1 is 1.00 bits per heavy atom. The van der Waals surface area contributed by atoms with Crippen LogP contribution in [0.1, 0.15) is 23.1 Å². The van der Waals surface area contributed by atoms with E-state index in [1.807, 2.05) is 18.0 Å². The maximum absolute atomic E-state index is 14.8. The number of piperazine rings is 1. The Hall–Kier alpha value is -3.83. The first-order valence-corrected chi connectivity index (χ1v) is 12.6. The maximum atomic E-state index is 14.8. The molecule has 0 spiro atoms. The van der Waals surface area contributed by atoms with Gasteiger partial charge in [0.15, 0.2) is 5.65 Å². The van der Waals surface area contributed by atoms with Crippen molar-refractivity contribution in [2.24, 2.45) is 0 Å². The van der Waals surface area contributed by atoms with Crippen LogP contribution in [0.3, 0.4) is 0 Å². The molecule has 1 fully saturated rings. The molecule has 0 bridgehead atoms. The fourth-order valence-electron chi connectivity index (χ4n) is 4.70. The summed E-state index contributed by atoms with van der Waals surface area (Å²) in [7, 11) is 1.99. The van der Waals surface area contributed by atoms with Gasteiger partial charge in [0.2, 0.25) is 5.91 Å². The van der Waals surface area contributed by atoms with Crippen LogP contribution in [0, 0.1) is 5.82 Å². The van der Waals surface area contributed by atoms with Gasteiger partial charge in [0.05, 0.1) is 11.8 Å². The molecule has 3 heterocycles. The van der Waals surface area contributed by atoms with Crippen molar-refractivity contribution in [3.05, 3.63) is 77.4 Å². The molecule has 0 unspecified atom stereocenters. The normalized spacial score (nSPS) is 15.1. The average molecular weight is 541 g/mol. The van der Waals surface area contributed by atoms with Crippen LogP contribution in [0.4, 0.5) is 23.2 Å². The summed E-state index contributed by atoms with van der Waals surface area (Å²) in [5.41, 5.74) is 1.81. The number of benzene rings is 2. The summed E-state index contributed by atoms with van der Waals surface area (Å²) in [6.07, 6.45) is -1.28. The van der Waals surface area contributed by atoms with Crippen molar-refractivity contribution >= 4 is 22.6 Å². The number of halogens is 4. The van der Waals surface area contributed by atoms with Crippen LogP contribution in [0.2, 0.25) is 0 Å². The third-order valence-corrected chi connectivity index (χ3v) is 6.99. The molecule has 0 atom stereocenters. The van der Waals surface area contributed by atoms with Gasteiger partial charge in [-0.05, 0) is 54.4 Å². The second-order valence-corrected chi connectivity index (χ2v) is 9.84. The second kappa shape index (κ2) is 11.1. The van der Waals surface area contributed by atoms with E-state index < -0.39 is 23.5 Å². The van der Waals surface area contributed by atoms with Gasteiger partial charge >= 0.3 is 6.18 Å². The number of H-pyrrole nitrogens is 1. The van der Waals surface area contributed by atoms with E-state index in [9.17, 15) is 22.4 Å². The van der Waals surface area contributed by atoms with Crippen molar-refractivity contribution in [3.63, 3.8) is 0 Å². The number of aryl methyl sites for hydroxylation is 1. The van der Waals surface area contributed by atoms with Crippen molar-refractivity contribution < 1.29 is 22.4 Å². The molecule has 39 heavy (non-hydrogen) atoms. The monoisotopic (exact) mass is 540 g/mol. The van der Waals surface area contributed by atoms with Crippen LogP contribution >= 0.6 is 0 Å². The van der Waals surface area contributed by atoms with E-state index >= 15 is 0 Å². The zero-order valence-corrected chi connectivity index (χ0v) is 21.4. The highest BCUT2D eigenvalue weighted by molar-refractivity contribution is 5.91. The Kier molecular flexibility index (Phi) is 7.62. The Morgan fingerprint density at radius 2 is 1.77 bits per heavy atom. The second-order valence-electron chi connectivity index (χ2n) is 9.84. The number of carbonyl (C=O) groups excluding carboxylic acids is 1. The topological polar surface area (TPSA) is 77.1 Å². The predicted octanol–water partition coefficient (Wildman–Crippen LogP) is 5.10. The van der Waals surface area contributed by atoms with E-state index in [0.29, 0.717) is 29.9 Å². The van der Waals surface area contributed by atoms with Gasteiger partial charge in [-0.2, -0.15) is 18.3 Å². The number of hydrogen-bond acceptors (Lipinski definition) is 5. The molecule has 1 aliphatic heterocycles. The minimum Gasteiger partial charge on any atom is -0.326 e. The van der Waals surface area contributed by atoms with Crippen LogP contribution < -0.4 is 5.32 Å². The van der Waals surface area contributed by atoms with Gasteiger partial charge in [-0.1, -0.05) is 18.2 Å². The molecule has 2 aromatic heterocycles. The molecule has 5 rings (SSSR count). The van der Waals surface area contributed by atoms with Gasteiger partial charge in [0.25, 0.3) is 0 Å². The molecule has 0 saturated carbocycles. The number of amides is 1. The highest BCUT2D eigenvalue weighted by Gasteiger charge is 2.34. The smallest absolute Gasteiger partial charge is 0.326 e. The van der Waals surface area contributed by atoms with E-state index in [-0.39, 0.29) is 30.6 Å². The molecular formula is C28H28F4N6O. The summed E-state index contributed by atoms with van der Waals surface area (Å²) in [4.78, 5) is 20.9. The fourth-order valence-corrected chi connectivity index (χ4v) is 4.70. The number of likely N-dealkylation sites (N-methyl/N-ethyl adjacent to an activating group) is 1. The average Bonchev–Trinajstić information content (AvgIpc) is 3.37. The number of aromatic amines is 1. The van der Waals surface area contributed by atoms with Crippen molar-refractivity contribution in [1.29, 1.82) is 0 Å². The number of aromatic nitrogens is 3. The lowest BCUT2D eigenvalue weighted by Gasteiger charge is -2.33. The van der Waals surface area contributed by atoms with E-state index in [0.717, 1.165) is 30.1 Å². The SMILES string of the molecule is CN1CCN(Cc2ccc(NC(=O)CCc3ccc(-c4cnc5[nH]ncc5c4)cc3F)cc2C(F)(F)F)CC1. The molecule has 0 radical (unpaired) electrons. The van der Waals surface area contributed by atoms with E-state index in [1.54, 1.807) is 24.5 Å². The Balaban J connectivity index is 1.22. The predicted molar refractivity (Wildman–Crippen MR) is 140 cm³/mol. The van der Waals surface area contributed by atoms with E-state index in [4.69, 9.17) is 0 Å². The highest BCUT2D eigenvalue weighted by Crippen LogP contribution is 2.35. The third-order valence-electron chi connectivity index (χ3n) is 6.99. The number of pyridine rings is 1. The van der Waals surface area contributed by atoms with Gasteiger partial charge in [-0.25, -0.2) is 9.37 Å². The summed E-state index contributed by atoms with van der Waals surface area (Å²) >= 11 is 0. The van der Waals surface area contributed by atoms with E-state index in [1.165, 1.54) is 18.2 Å². The van der Waals surface area contributed by atoms with Crippen LogP contribution in [0.5, 0.6) is 0 Å². The largest absolute Gasteiger partial charge is 0.416 e. The standard InChI is InChI=1S/C28H28F4N6O/c1-37-8-10-38(11-9-37)17-20-4-6-23(14-24(20)28(30,31)32)35-26(39)7-5-18-2-3-19(13-25(18)29)21-12-22-16-34-36-27(22)33-15-21/h2-4,6,12-16H,5,7-11,17H2,1H3,(H,35,39)(H,33,34,36). The van der Waals surface area contributed by atoms with Crippen LogP contribution in [0.15, 0.2) is 54.9 Å². The number of alkyl halides is 3. The molecule has 1 amide bonds. The number of hydrogen-bond donors (Lipinski definition) is 2. The molecule has 2 N–H and O–H groups in total. The van der Waals surface area contributed by atoms with Crippen molar-refractivity contribution in [2.45, 2.75) is 25.6 Å². The Morgan fingerprint density at radius 3 is 2.51 bits per heavy atom. The molecule has 11 heteroatoms. The quantitative estimate of drug-likeness (QED) is 0.319. The van der Waals surface area contributed by atoms with Gasteiger partial charge in [0.1, 0.15) is 5.82 Å². The lowest BCUT2D eigenvalue weighted by molar-refractivity contribution is -0.138. The zero-order valence-electron chi connectivity index (χ0n) is 21.4. The number of carbonyl (C=O) groups is 1. The van der Waals surface area contributed by atoms with E-state index in [2.05, 4.69) is 25.4 Å². The summed E-state index contributed by atoms with van der Waals surface area (Å²) in [5, 5.41) is 10.0. The van der Waals surface area contributed by atoms with Crippen molar-refractivity contribution in [3.8, 4) is 11.1 Å².